The molecule has 2 aliphatic rings. The number of hydrogen-bond donors (Lipinski definition) is 1. The fraction of sp³-hybridized carbons (Fsp3) is 0.184. The van der Waals surface area contributed by atoms with Crippen LogP contribution in [0.15, 0.2) is 143 Å². The van der Waals surface area contributed by atoms with Gasteiger partial charge in [0.25, 0.3) is 0 Å². The van der Waals surface area contributed by atoms with Gasteiger partial charge in [0.1, 0.15) is 17.1 Å². The Kier molecular flexibility index (Phi) is 9.83. The number of amides is 1. The summed E-state index contributed by atoms with van der Waals surface area (Å²) in [6.07, 6.45) is -1.26. The molecule has 4 aromatic carbocycles. The number of rotatable bonds is 11. The number of β-lactam (4-membered cyclic amide) rings is 1. The van der Waals surface area contributed by atoms with E-state index in [2.05, 4.69) is 10.1 Å². The number of hydrogen-bond acceptors (Lipinski definition) is 10. The van der Waals surface area contributed by atoms with Gasteiger partial charge < -0.3 is 15.2 Å². The van der Waals surface area contributed by atoms with Gasteiger partial charge in [-0.15, -0.1) is 16.9 Å². The van der Waals surface area contributed by atoms with E-state index >= 15 is 0 Å². The highest BCUT2D eigenvalue weighted by Crippen LogP contribution is 2.42. The first-order valence-corrected chi connectivity index (χ1v) is 18.0. The summed E-state index contributed by atoms with van der Waals surface area (Å²) in [5.41, 5.74) is 9.68. The fourth-order valence-corrected chi connectivity index (χ4v) is 8.24. The van der Waals surface area contributed by atoms with Gasteiger partial charge in [-0.05, 0) is 27.8 Å². The molecule has 7 rings (SSSR count). The predicted octanol–water partition coefficient (Wildman–Crippen LogP) is 5.27. The average Bonchev–Trinajstić information content (AvgIpc) is 3.17. The largest absolute Gasteiger partial charge is 0.460 e. The lowest BCUT2D eigenvalue weighted by Gasteiger charge is -2.48. The minimum absolute atomic E-state index is 0.137. The van der Waals surface area contributed by atoms with E-state index in [4.69, 9.17) is 15.2 Å². The SMILES string of the molecule is Cn1nc(OC(c2ccccc2)c2ccccc2)c(=O)nc1SCC1=C(C(=O)OC(c2ccccc2)c2ccccc2)N2C(=O)C(N)[C@@H]2SC1. The molecule has 2 atom stereocenters. The number of nitrogens with two attached hydrogens (primary N) is 1. The van der Waals surface area contributed by atoms with Crippen LogP contribution in [0.5, 0.6) is 5.88 Å². The van der Waals surface area contributed by atoms with Gasteiger partial charge in [0.2, 0.25) is 5.91 Å². The van der Waals surface area contributed by atoms with E-state index in [0.717, 1.165) is 22.3 Å². The first kappa shape index (κ1) is 33.3. The molecule has 2 aliphatic heterocycles. The molecule has 0 bridgehead atoms. The summed E-state index contributed by atoms with van der Waals surface area (Å²) in [6.45, 7) is 0. The van der Waals surface area contributed by atoms with Crippen molar-refractivity contribution in [1.82, 2.24) is 19.7 Å². The fourth-order valence-electron chi connectivity index (χ4n) is 5.90. The number of carbonyl (C=O) groups is 2. The Hall–Kier alpha value is -5.17. The predicted molar refractivity (Wildman–Crippen MR) is 192 cm³/mol. The van der Waals surface area contributed by atoms with Gasteiger partial charge in [0.05, 0.1) is 0 Å². The highest BCUT2D eigenvalue weighted by Gasteiger charge is 2.52. The van der Waals surface area contributed by atoms with Gasteiger partial charge in [-0.25, -0.2) is 9.48 Å². The first-order chi connectivity index (χ1) is 24.4. The van der Waals surface area contributed by atoms with Crippen LogP contribution in [0.4, 0.5) is 0 Å². The second kappa shape index (κ2) is 14.8. The number of carbonyl (C=O) groups excluding carboxylic acids is 2. The second-order valence-electron chi connectivity index (χ2n) is 11.7. The van der Waals surface area contributed by atoms with Crippen LogP contribution >= 0.6 is 23.5 Å². The summed E-state index contributed by atoms with van der Waals surface area (Å²) < 4.78 is 13.9. The number of esters is 1. The third-order valence-electron chi connectivity index (χ3n) is 8.42. The molecule has 5 aromatic rings. The number of nitrogens with zero attached hydrogens (tertiary/aromatic N) is 4. The zero-order chi connectivity index (χ0) is 34.6. The number of aromatic nitrogens is 3. The third kappa shape index (κ3) is 6.82. The van der Waals surface area contributed by atoms with Crippen molar-refractivity contribution in [2.45, 2.75) is 28.8 Å². The molecule has 2 N–H and O–H groups in total. The molecule has 1 amide bonds. The van der Waals surface area contributed by atoms with Crippen LogP contribution in [-0.4, -0.2) is 54.5 Å². The number of aryl methyl sites for hydroxylation is 1. The summed E-state index contributed by atoms with van der Waals surface area (Å²) in [7, 11) is 1.68. The Labute approximate surface area is 297 Å². The zero-order valence-corrected chi connectivity index (χ0v) is 28.6. The molecule has 0 aliphatic carbocycles. The molecule has 252 valence electrons. The molecule has 0 spiro atoms. The zero-order valence-electron chi connectivity index (χ0n) is 27.0. The van der Waals surface area contributed by atoms with Crippen molar-refractivity contribution >= 4 is 35.4 Å². The molecule has 1 fully saturated rings. The Bertz CT molecular complexity index is 2000. The van der Waals surface area contributed by atoms with Gasteiger partial charge >= 0.3 is 17.4 Å². The molecule has 50 heavy (non-hydrogen) atoms. The van der Waals surface area contributed by atoms with Gasteiger partial charge in [-0.3, -0.25) is 14.5 Å². The maximum atomic E-state index is 14.1. The van der Waals surface area contributed by atoms with Gasteiger partial charge in [0.15, 0.2) is 17.4 Å². The molecule has 0 radical (unpaired) electrons. The van der Waals surface area contributed by atoms with Crippen LogP contribution in [0.1, 0.15) is 34.5 Å². The Balaban J connectivity index is 1.16. The maximum Gasteiger partial charge on any atom is 0.356 e. The van der Waals surface area contributed by atoms with E-state index in [0.29, 0.717) is 16.5 Å². The summed E-state index contributed by atoms with van der Waals surface area (Å²) >= 11 is 2.73. The second-order valence-corrected chi connectivity index (χ2v) is 13.8. The van der Waals surface area contributed by atoms with Crippen molar-refractivity contribution in [3.8, 4) is 5.88 Å². The van der Waals surface area contributed by atoms with Crippen LogP contribution in [-0.2, 0) is 21.4 Å². The molecular weight excluding hydrogens is 671 g/mol. The van der Waals surface area contributed by atoms with Crippen molar-refractivity contribution in [2.75, 3.05) is 11.5 Å². The van der Waals surface area contributed by atoms with Crippen molar-refractivity contribution in [2.24, 2.45) is 12.8 Å². The van der Waals surface area contributed by atoms with E-state index < -0.39 is 29.8 Å². The van der Waals surface area contributed by atoms with Crippen LogP contribution in [0.25, 0.3) is 0 Å². The minimum atomic E-state index is -0.703. The quantitative estimate of drug-likeness (QED) is 0.110. The van der Waals surface area contributed by atoms with Crippen LogP contribution < -0.4 is 16.0 Å². The maximum absolute atomic E-state index is 14.1. The summed E-state index contributed by atoms with van der Waals surface area (Å²) in [6, 6.07) is 37.4. The van der Waals surface area contributed by atoms with E-state index in [1.807, 2.05) is 121 Å². The van der Waals surface area contributed by atoms with E-state index in [1.54, 1.807) is 7.05 Å². The Morgan fingerprint density at radius 2 is 1.34 bits per heavy atom. The highest BCUT2D eigenvalue weighted by atomic mass is 32.2. The summed E-state index contributed by atoms with van der Waals surface area (Å²) in [5.74, 6) is -0.405. The first-order valence-electron chi connectivity index (χ1n) is 16.0. The topological polar surface area (TPSA) is 130 Å². The monoisotopic (exact) mass is 703 g/mol. The van der Waals surface area contributed by atoms with Crippen molar-refractivity contribution in [1.29, 1.82) is 0 Å². The number of fused-ring (bicyclic) bond motifs is 1. The van der Waals surface area contributed by atoms with Gasteiger partial charge in [0, 0.05) is 18.6 Å². The lowest BCUT2D eigenvalue weighted by Crippen LogP contribution is -2.68. The van der Waals surface area contributed by atoms with E-state index in [-0.39, 0.29) is 28.6 Å². The molecular formula is C38H33N5O5S2. The molecule has 10 nitrogen and oxygen atoms in total. The molecule has 1 unspecified atom stereocenters. The molecule has 3 heterocycles. The van der Waals surface area contributed by atoms with Crippen molar-refractivity contribution < 1.29 is 19.1 Å². The smallest absolute Gasteiger partial charge is 0.356 e. The lowest BCUT2D eigenvalue weighted by molar-refractivity contribution is -0.153. The average molecular weight is 704 g/mol. The minimum Gasteiger partial charge on any atom is -0.460 e. The van der Waals surface area contributed by atoms with Crippen molar-refractivity contribution in [3.05, 3.63) is 165 Å². The van der Waals surface area contributed by atoms with Crippen LogP contribution in [0.3, 0.4) is 0 Å². The van der Waals surface area contributed by atoms with E-state index in [1.165, 1.54) is 33.1 Å². The Morgan fingerprint density at radius 1 is 0.840 bits per heavy atom. The highest BCUT2D eigenvalue weighted by molar-refractivity contribution is 8.01. The van der Waals surface area contributed by atoms with E-state index in [9.17, 15) is 14.4 Å². The number of benzene rings is 4. The van der Waals surface area contributed by atoms with Crippen molar-refractivity contribution in [3.63, 3.8) is 0 Å². The number of thioether (sulfide) groups is 2. The van der Waals surface area contributed by atoms with Crippen LogP contribution in [0.2, 0.25) is 0 Å². The lowest BCUT2D eigenvalue weighted by atomic mass is 10.0. The van der Waals surface area contributed by atoms with Crippen LogP contribution in [0, 0.1) is 0 Å². The number of ether oxygens (including phenoxy) is 2. The third-order valence-corrected chi connectivity index (χ3v) is 10.9. The standard InChI is InChI=1S/C38H33N5O5S2/c1-42-38(40-33(44)34(41-42)47-31(24-14-6-2-7-15-24)25-16-8-3-9-17-25)50-23-28-22-49-36-29(39)35(45)43(36)30(28)37(46)48-32(26-18-10-4-11-19-26)27-20-12-5-13-21-27/h2-21,29,31-32,36H,22-23,39H2,1H3/t29?,36-/m0/s1. The molecule has 12 heteroatoms. The molecule has 1 aromatic heterocycles. The Morgan fingerprint density at radius 3 is 1.86 bits per heavy atom. The summed E-state index contributed by atoms with van der Waals surface area (Å²) in [5, 5.41) is 4.41. The van der Waals surface area contributed by atoms with Gasteiger partial charge in [-0.2, -0.15) is 4.98 Å². The molecule has 0 saturated carbocycles. The molecule has 1 saturated heterocycles. The van der Waals surface area contributed by atoms with Gasteiger partial charge in [-0.1, -0.05) is 133 Å². The normalized spacial score (nSPS) is 17.0. The summed E-state index contributed by atoms with van der Waals surface area (Å²) in [4.78, 5) is 46.2.